The van der Waals surface area contributed by atoms with Crippen molar-refractivity contribution < 1.29 is 18.0 Å². The summed E-state index contributed by atoms with van der Waals surface area (Å²) in [7, 11) is 0. The van der Waals surface area contributed by atoms with Crippen molar-refractivity contribution >= 4 is 16.8 Å². The second kappa shape index (κ2) is 8.58. The molecule has 0 aliphatic carbocycles. The smallest absolute Gasteiger partial charge is 0.256 e. The molecule has 2 N–H and O–H groups in total. The van der Waals surface area contributed by atoms with Crippen LogP contribution in [0.2, 0.25) is 0 Å². The molecule has 0 spiro atoms. The molecule has 0 saturated carbocycles. The van der Waals surface area contributed by atoms with Gasteiger partial charge in [-0.2, -0.15) is 0 Å². The van der Waals surface area contributed by atoms with Crippen molar-refractivity contribution in [2.75, 3.05) is 19.6 Å². The van der Waals surface area contributed by atoms with Crippen molar-refractivity contribution in [1.29, 1.82) is 0 Å². The summed E-state index contributed by atoms with van der Waals surface area (Å²) in [5, 5.41) is 2.60. The average Bonchev–Trinajstić information content (AvgIpc) is 3.05. The number of rotatable bonds is 5. The van der Waals surface area contributed by atoms with Gasteiger partial charge in [0, 0.05) is 18.8 Å². The quantitative estimate of drug-likeness (QED) is 0.649. The number of piperidine rings is 1. The number of nitrogens with one attached hydrogen (secondary N) is 2. The Hall–Kier alpha value is -3.07. The Morgan fingerprint density at radius 2 is 2.03 bits per heavy atom. The Bertz CT molecular complexity index is 1160. The van der Waals surface area contributed by atoms with Crippen LogP contribution in [0.5, 0.6) is 0 Å². The molecule has 4 rings (SSSR count). The fourth-order valence-electron chi connectivity index (χ4n) is 3.90. The fraction of sp³-hybridized carbons (Fsp3) is 0.409. The van der Waals surface area contributed by atoms with Gasteiger partial charge in [-0.25, -0.2) is 13.8 Å². The topological polar surface area (TPSA) is 91.2 Å². The summed E-state index contributed by atoms with van der Waals surface area (Å²) in [4.78, 5) is 34.3. The largest absolute Gasteiger partial charge is 0.444 e. The van der Waals surface area contributed by atoms with E-state index in [9.17, 15) is 18.4 Å². The van der Waals surface area contributed by atoms with Crippen molar-refractivity contribution in [3.05, 3.63) is 63.1 Å². The zero-order valence-electron chi connectivity index (χ0n) is 17.4. The van der Waals surface area contributed by atoms with Crippen LogP contribution in [0.1, 0.15) is 40.5 Å². The molecule has 3 aromatic rings. The third-order valence-corrected chi connectivity index (χ3v) is 5.84. The lowest BCUT2D eigenvalue weighted by atomic mass is 9.96. The molecule has 0 unspecified atom stereocenters. The van der Waals surface area contributed by atoms with Gasteiger partial charge in [0.1, 0.15) is 23.0 Å². The number of hydrogen-bond donors (Lipinski definition) is 2. The highest BCUT2D eigenvalue weighted by Gasteiger charge is 2.22. The molecule has 164 valence electrons. The minimum absolute atomic E-state index is 0.119. The zero-order valence-corrected chi connectivity index (χ0v) is 17.4. The van der Waals surface area contributed by atoms with Crippen molar-refractivity contribution in [3.8, 4) is 0 Å². The maximum atomic E-state index is 13.8. The number of pyridine rings is 1. The summed E-state index contributed by atoms with van der Waals surface area (Å²) in [6.07, 6.45) is 2.96. The first-order valence-electron chi connectivity index (χ1n) is 10.3. The predicted octanol–water partition coefficient (Wildman–Crippen LogP) is 3.05. The predicted molar refractivity (Wildman–Crippen MR) is 111 cm³/mol. The molecule has 0 atom stereocenters. The van der Waals surface area contributed by atoms with Gasteiger partial charge in [0.2, 0.25) is 11.3 Å². The number of oxazole rings is 1. The van der Waals surface area contributed by atoms with Gasteiger partial charge in [-0.15, -0.1) is 0 Å². The molecule has 0 radical (unpaired) electrons. The molecule has 1 aromatic carbocycles. The molecule has 1 saturated heterocycles. The Morgan fingerprint density at radius 1 is 1.29 bits per heavy atom. The zero-order chi connectivity index (χ0) is 22.1. The summed E-state index contributed by atoms with van der Waals surface area (Å²) >= 11 is 0. The minimum Gasteiger partial charge on any atom is -0.444 e. The van der Waals surface area contributed by atoms with Gasteiger partial charge >= 0.3 is 0 Å². The molecule has 31 heavy (non-hydrogen) atoms. The fourth-order valence-corrected chi connectivity index (χ4v) is 3.90. The maximum Gasteiger partial charge on any atom is 0.256 e. The lowest BCUT2D eigenvalue weighted by Gasteiger charge is -2.31. The standard InChI is InChI=1S/C22H24F2N4O3/c1-12-13(2)31-19(27-12)11-28-5-3-14(4-6-28)9-26-22(30)17-10-25-20-16(21(17)29)7-15(23)8-18(20)24/h7-8,10,14H,3-6,9,11H2,1-2H3,(H,25,29)(H,26,30). The van der Waals surface area contributed by atoms with Crippen LogP contribution < -0.4 is 10.7 Å². The van der Waals surface area contributed by atoms with Crippen LogP contribution in [0.15, 0.2) is 27.5 Å². The summed E-state index contributed by atoms with van der Waals surface area (Å²) in [6, 6.07) is 1.62. The summed E-state index contributed by atoms with van der Waals surface area (Å²) in [6.45, 7) is 6.62. The summed E-state index contributed by atoms with van der Waals surface area (Å²) < 4.78 is 32.9. The lowest BCUT2D eigenvalue weighted by molar-refractivity contribution is 0.0932. The van der Waals surface area contributed by atoms with E-state index in [0.29, 0.717) is 25.0 Å². The summed E-state index contributed by atoms with van der Waals surface area (Å²) in [5.74, 6) is -0.466. The maximum absolute atomic E-state index is 13.8. The van der Waals surface area contributed by atoms with Gasteiger partial charge in [-0.3, -0.25) is 14.5 Å². The number of amides is 1. The van der Waals surface area contributed by atoms with Gasteiger partial charge in [-0.05, 0) is 51.8 Å². The molecule has 3 heterocycles. The van der Waals surface area contributed by atoms with Crippen molar-refractivity contribution in [3.63, 3.8) is 0 Å². The number of hydrogen-bond acceptors (Lipinski definition) is 5. The first-order chi connectivity index (χ1) is 14.8. The molecular formula is C22H24F2N4O3. The van der Waals surface area contributed by atoms with E-state index in [1.165, 1.54) is 6.20 Å². The van der Waals surface area contributed by atoms with E-state index < -0.39 is 23.0 Å². The molecule has 2 aromatic heterocycles. The number of aromatic nitrogens is 2. The van der Waals surface area contributed by atoms with E-state index in [1.54, 1.807) is 0 Å². The van der Waals surface area contributed by atoms with E-state index in [1.807, 2.05) is 13.8 Å². The van der Waals surface area contributed by atoms with Crippen LogP contribution in [0.4, 0.5) is 8.78 Å². The van der Waals surface area contributed by atoms with Crippen molar-refractivity contribution in [1.82, 2.24) is 20.2 Å². The van der Waals surface area contributed by atoms with Gasteiger partial charge < -0.3 is 14.7 Å². The van der Waals surface area contributed by atoms with E-state index in [0.717, 1.165) is 43.5 Å². The number of benzene rings is 1. The van der Waals surface area contributed by atoms with Crippen LogP contribution in [0.3, 0.4) is 0 Å². The molecule has 7 nitrogen and oxygen atoms in total. The average molecular weight is 430 g/mol. The number of likely N-dealkylation sites (tertiary alicyclic amines) is 1. The molecule has 1 aliphatic heterocycles. The molecule has 1 fully saturated rings. The Balaban J connectivity index is 1.33. The highest BCUT2D eigenvalue weighted by atomic mass is 19.1. The number of carbonyl (C=O) groups excluding carboxylic acids is 1. The number of aromatic amines is 1. The molecule has 0 bridgehead atoms. The number of nitrogens with zero attached hydrogens (tertiary/aromatic N) is 2. The first kappa shape index (κ1) is 21.2. The van der Waals surface area contributed by atoms with E-state index in [2.05, 4.69) is 20.2 Å². The monoisotopic (exact) mass is 430 g/mol. The van der Waals surface area contributed by atoms with Gasteiger partial charge in [-0.1, -0.05) is 0 Å². The molecular weight excluding hydrogens is 406 g/mol. The molecule has 1 aliphatic rings. The van der Waals surface area contributed by atoms with Gasteiger partial charge in [0.05, 0.1) is 23.1 Å². The number of halogens is 2. The highest BCUT2D eigenvalue weighted by molar-refractivity contribution is 5.97. The van der Waals surface area contributed by atoms with Crippen molar-refractivity contribution in [2.24, 2.45) is 5.92 Å². The number of carbonyl (C=O) groups is 1. The SMILES string of the molecule is Cc1nc(CN2CCC(CNC(=O)c3c[nH]c4c(F)cc(F)cc4c3=O)CC2)oc1C. The Labute approximate surface area is 177 Å². The van der Waals surface area contributed by atoms with E-state index in [-0.39, 0.29) is 22.4 Å². The minimum atomic E-state index is -0.874. The molecule has 9 heteroatoms. The lowest BCUT2D eigenvalue weighted by Crippen LogP contribution is -2.39. The van der Waals surface area contributed by atoms with Gasteiger partial charge in [0.25, 0.3) is 5.91 Å². The third-order valence-electron chi connectivity index (χ3n) is 5.84. The molecule has 1 amide bonds. The van der Waals surface area contributed by atoms with Crippen LogP contribution in [-0.4, -0.2) is 40.4 Å². The Kier molecular flexibility index (Phi) is 5.86. The van der Waals surface area contributed by atoms with Crippen molar-refractivity contribution in [2.45, 2.75) is 33.2 Å². The number of H-pyrrole nitrogens is 1. The second-order valence-corrected chi connectivity index (χ2v) is 8.02. The van der Waals surface area contributed by atoms with E-state index >= 15 is 0 Å². The van der Waals surface area contributed by atoms with Crippen LogP contribution in [-0.2, 0) is 6.54 Å². The normalized spacial score (nSPS) is 15.5. The number of fused-ring (bicyclic) bond motifs is 1. The van der Waals surface area contributed by atoms with Crippen LogP contribution in [0.25, 0.3) is 10.9 Å². The van der Waals surface area contributed by atoms with E-state index in [4.69, 9.17) is 4.42 Å². The van der Waals surface area contributed by atoms with Crippen LogP contribution in [0, 0.1) is 31.4 Å². The third kappa shape index (κ3) is 4.51. The van der Waals surface area contributed by atoms with Crippen LogP contribution >= 0.6 is 0 Å². The first-order valence-corrected chi connectivity index (χ1v) is 10.3. The summed E-state index contributed by atoms with van der Waals surface area (Å²) in [5.41, 5.74) is -0.0749. The highest BCUT2D eigenvalue weighted by Crippen LogP contribution is 2.20. The number of aryl methyl sites for hydroxylation is 2. The van der Waals surface area contributed by atoms with Gasteiger partial charge in [0.15, 0.2) is 0 Å². The Morgan fingerprint density at radius 3 is 2.71 bits per heavy atom. The second-order valence-electron chi connectivity index (χ2n) is 8.02.